The number of benzene rings is 4. The van der Waals surface area contributed by atoms with Gasteiger partial charge in [0.05, 0.1) is 43.2 Å². The molecule has 11 nitrogen and oxygen atoms in total. The molecule has 8 rings (SSSR count). The number of fused-ring (bicyclic) bond motifs is 1. The summed E-state index contributed by atoms with van der Waals surface area (Å²) in [7, 11) is 0. The van der Waals surface area contributed by atoms with E-state index in [2.05, 4.69) is 27.1 Å². The van der Waals surface area contributed by atoms with Crippen LogP contribution in [-0.4, -0.2) is 72.6 Å². The van der Waals surface area contributed by atoms with Crippen molar-refractivity contribution in [1.82, 2.24) is 10.2 Å². The zero-order valence-electron chi connectivity index (χ0n) is 28.6. The van der Waals surface area contributed by atoms with E-state index in [1.165, 1.54) is 18.2 Å². The molecule has 4 atom stereocenters. The molecule has 4 aliphatic heterocycles. The molecule has 3 fully saturated rings. The largest absolute Gasteiger partial charge is 0.392 e. The first-order chi connectivity index (χ1) is 25.4. The quantitative estimate of drug-likeness (QED) is 0.177. The first kappa shape index (κ1) is 34.3. The summed E-state index contributed by atoms with van der Waals surface area (Å²) >= 11 is 0. The van der Waals surface area contributed by atoms with Crippen molar-refractivity contribution in [2.24, 2.45) is 0 Å². The lowest BCUT2D eigenvalue weighted by Gasteiger charge is -2.46. The van der Waals surface area contributed by atoms with Crippen molar-refractivity contribution in [2.45, 2.75) is 56.2 Å². The maximum Gasteiger partial charge on any atom is 0.346 e. The third-order valence-corrected chi connectivity index (χ3v) is 10.5. The van der Waals surface area contributed by atoms with E-state index in [0.717, 1.165) is 53.7 Å². The Morgan fingerprint density at radius 1 is 0.769 bits per heavy atom. The summed E-state index contributed by atoms with van der Waals surface area (Å²) in [5.74, 6) is -2.42. The van der Waals surface area contributed by atoms with Crippen molar-refractivity contribution in [3.05, 3.63) is 142 Å². The van der Waals surface area contributed by atoms with Gasteiger partial charge in [-0.1, -0.05) is 78.9 Å². The Balaban J connectivity index is 1.02. The number of hydrogen-bond acceptors (Lipinski definition) is 10. The number of carbonyl (C=O) groups is 3. The minimum atomic E-state index is -0.753. The van der Waals surface area contributed by atoms with Crippen LogP contribution in [0.4, 0.5) is 0 Å². The number of hydrogen-bond donors (Lipinski definition) is 2. The lowest BCUT2D eigenvalue weighted by Crippen LogP contribution is -2.50. The molecule has 0 aromatic heterocycles. The lowest BCUT2D eigenvalue weighted by molar-refractivity contribution is -0.265. The highest BCUT2D eigenvalue weighted by Gasteiger charge is 2.45. The average Bonchev–Trinajstić information content (AvgIpc) is 3.77. The van der Waals surface area contributed by atoms with Crippen LogP contribution < -0.4 is 5.32 Å². The molecule has 52 heavy (non-hydrogen) atoms. The van der Waals surface area contributed by atoms with E-state index in [1.54, 1.807) is 0 Å². The van der Waals surface area contributed by atoms with Crippen LogP contribution in [0.15, 0.2) is 97.1 Å². The molecule has 0 aliphatic carbocycles. The van der Waals surface area contributed by atoms with Gasteiger partial charge in [0.15, 0.2) is 12.1 Å². The van der Waals surface area contributed by atoms with Gasteiger partial charge in [-0.25, -0.2) is 9.59 Å². The predicted molar refractivity (Wildman–Crippen MR) is 187 cm³/mol. The molecule has 4 heterocycles. The van der Waals surface area contributed by atoms with Gasteiger partial charge < -0.3 is 39.0 Å². The normalized spacial score (nSPS) is 24.1. The van der Waals surface area contributed by atoms with Gasteiger partial charge in [-0.3, -0.25) is 4.79 Å². The first-order valence-electron chi connectivity index (χ1n) is 17.7. The molecule has 0 saturated carbocycles. The summed E-state index contributed by atoms with van der Waals surface area (Å²) in [6.45, 7) is 3.83. The highest BCUT2D eigenvalue weighted by atomic mass is 16.7. The number of piperidine rings is 1. The SMILES string of the molecule is O=C(NCc1ccc(C2OC(CN3CCC4(CC3)OCCO4)C(c3ccccc3)C(c3ccc(CO)cc3)O2)cc1)c1ccc2c(c1)C(=O)OC2=O. The summed E-state index contributed by atoms with van der Waals surface area (Å²) in [4.78, 5) is 39.1. The minimum absolute atomic E-state index is 0.0398. The number of rotatable bonds is 9. The number of likely N-dealkylation sites (tertiary alicyclic amines) is 1. The van der Waals surface area contributed by atoms with Crippen molar-refractivity contribution in [3.63, 3.8) is 0 Å². The second kappa shape index (κ2) is 14.7. The fraction of sp³-hybridized carbons (Fsp3) is 0.341. The Kier molecular flexibility index (Phi) is 9.71. The first-order valence-corrected chi connectivity index (χ1v) is 17.7. The van der Waals surface area contributed by atoms with Crippen LogP contribution in [0.1, 0.15) is 90.0 Å². The highest BCUT2D eigenvalue weighted by molar-refractivity contribution is 6.15. The highest BCUT2D eigenvalue weighted by Crippen LogP contribution is 2.47. The topological polar surface area (TPSA) is 133 Å². The van der Waals surface area contributed by atoms with Gasteiger partial charge in [0, 0.05) is 56.1 Å². The van der Waals surface area contributed by atoms with Gasteiger partial charge in [-0.15, -0.1) is 0 Å². The van der Waals surface area contributed by atoms with Gasteiger partial charge in [0.1, 0.15) is 0 Å². The molecule has 4 unspecified atom stereocenters. The van der Waals surface area contributed by atoms with E-state index >= 15 is 0 Å². The number of cyclic esters (lactones) is 2. The van der Waals surface area contributed by atoms with E-state index in [0.29, 0.717) is 19.8 Å². The third kappa shape index (κ3) is 7.03. The van der Waals surface area contributed by atoms with Crippen LogP contribution in [0.25, 0.3) is 0 Å². The molecule has 1 spiro atoms. The maximum absolute atomic E-state index is 12.9. The number of amides is 1. The van der Waals surface area contributed by atoms with Crippen molar-refractivity contribution >= 4 is 17.8 Å². The summed E-state index contributed by atoms with van der Waals surface area (Å²) in [6, 6.07) is 30.3. The predicted octanol–water partition coefficient (Wildman–Crippen LogP) is 5.20. The van der Waals surface area contributed by atoms with Crippen LogP contribution in [0.5, 0.6) is 0 Å². The molecular formula is C41H40N2O9. The molecule has 4 aromatic rings. The number of aliphatic hydroxyl groups is 1. The molecule has 268 valence electrons. The van der Waals surface area contributed by atoms with Crippen LogP contribution in [-0.2, 0) is 36.8 Å². The molecule has 4 aliphatic rings. The van der Waals surface area contributed by atoms with E-state index < -0.39 is 24.0 Å². The minimum Gasteiger partial charge on any atom is -0.392 e. The molecule has 3 saturated heterocycles. The molecular weight excluding hydrogens is 664 g/mol. The zero-order valence-corrected chi connectivity index (χ0v) is 28.6. The summed E-state index contributed by atoms with van der Waals surface area (Å²) in [5.41, 5.74) is 5.15. The second-order valence-corrected chi connectivity index (χ2v) is 13.7. The number of nitrogens with zero attached hydrogens (tertiary/aromatic N) is 1. The van der Waals surface area contributed by atoms with E-state index in [9.17, 15) is 19.5 Å². The Morgan fingerprint density at radius 3 is 2.15 bits per heavy atom. The smallest absolute Gasteiger partial charge is 0.346 e. The van der Waals surface area contributed by atoms with Gasteiger partial charge in [-0.2, -0.15) is 0 Å². The van der Waals surface area contributed by atoms with Crippen LogP contribution in [0.2, 0.25) is 0 Å². The van der Waals surface area contributed by atoms with E-state index in [4.69, 9.17) is 18.9 Å². The van der Waals surface area contributed by atoms with Crippen molar-refractivity contribution in [2.75, 3.05) is 32.8 Å². The van der Waals surface area contributed by atoms with Crippen molar-refractivity contribution < 1.29 is 43.2 Å². The summed E-state index contributed by atoms with van der Waals surface area (Å²) in [6.07, 6.45) is 0.386. The third-order valence-electron chi connectivity index (χ3n) is 10.5. The Labute approximate surface area is 301 Å². The number of carbonyl (C=O) groups excluding carboxylic acids is 3. The lowest BCUT2D eigenvalue weighted by atomic mass is 9.83. The molecule has 11 heteroatoms. The number of nitrogens with one attached hydrogen (secondary N) is 1. The van der Waals surface area contributed by atoms with Gasteiger partial charge >= 0.3 is 11.9 Å². The van der Waals surface area contributed by atoms with Gasteiger partial charge in [0.2, 0.25) is 0 Å². The van der Waals surface area contributed by atoms with Crippen LogP contribution in [0, 0.1) is 0 Å². The van der Waals surface area contributed by atoms with Crippen LogP contribution in [0.3, 0.4) is 0 Å². The van der Waals surface area contributed by atoms with Crippen molar-refractivity contribution in [3.8, 4) is 0 Å². The zero-order chi connectivity index (χ0) is 35.7. The molecule has 0 bridgehead atoms. The van der Waals surface area contributed by atoms with E-state index in [-0.39, 0.29) is 53.9 Å². The summed E-state index contributed by atoms with van der Waals surface area (Å²) in [5, 5.41) is 12.6. The van der Waals surface area contributed by atoms with Gasteiger partial charge in [-0.05, 0) is 40.5 Å². The number of ether oxygens (including phenoxy) is 5. The Hall–Kier alpha value is -4.75. The molecule has 2 N–H and O–H groups in total. The fourth-order valence-corrected chi connectivity index (χ4v) is 7.59. The molecule has 4 aromatic carbocycles. The van der Waals surface area contributed by atoms with Crippen LogP contribution >= 0.6 is 0 Å². The summed E-state index contributed by atoms with van der Waals surface area (Å²) < 4.78 is 30.4. The van der Waals surface area contributed by atoms with Crippen molar-refractivity contribution in [1.29, 1.82) is 0 Å². The fourth-order valence-electron chi connectivity index (χ4n) is 7.59. The second-order valence-electron chi connectivity index (χ2n) is 13.7. The monoisotopic (exact) mass is 704 g/mol. The number of aliphatic hydroxyl groups excluding tert-OH is 1. The Bertz CT molecular complexity index is 1920. The molecule has 0 radical (unpaired) electrons. The maximum atomic E-state index is 12.9. The van der Waals surface area contributed by atoms with E-state index in [1.807, 2.05) is 66.7 Å². The standard InChI is InChI=1S/C41H40N2O9/c44-25-27-8-10-29(11-9-27)36-35(28-4-2-1-3-5-28)34(24-43-18-16-41(17-19-43)48-20-21-49-41)50-40(51-36)30-12-6-26(7-13-30)23-42-37(45)31-14-15-32-33(22-31)39(47)52-38(32)46/h1-15,22,34-36,40,44H,16-21,23-25H2,(H,42,45). The van der Waals surface area contributed by atoms with Gasteiger partial charge in [0.25, 0.3) is 5.91 Å². The molecule has 1 amide bonds. The number of esters is 2. The average molecular weight is 705 g/mol. The Morgan fingerprint density at radius 2 is 1.44 bits per heavy atom.